The summed E-state index contributed by atoms with van der Waals surface area (Å²) in [7, 11) is 1.30. The van der Waals surface area contributed by atoms with E-state index < -0.39 is 5.97 Å². The molecule has 0 spiro atoms. The van der Waals surface area contributed by atoms with Crippen molar-refractivity contribution in [2.45, 2.75) is 4.34 Å². The number of benzene rings is 2. The molecule has 2 aromatic carbocycles. The smallest absolute Gasteiger partial charge is 0.337 e. The lowest BCUT2D eigenvalue weighted by Gasteiger charge is -2.05. The lowest BCUT2D eigenvalue weighted by molar-refractivity contribution is -0.114. The van der Waals surface area contributed by atoms with Crippen molar-refractivity contribution in [1.29, 1.82) is 0 Å². The summed E-state index contributed by atoms with van der Waals surface area (Å²) < 4.78 is 15.7. The third-order valence-electron chi connectivity index (χ3n) is 4.38. The molecule has 12 heteroatoms. The van der Waals surface area contributed by atoms with Crippen molar-refractivity contribution in [2.75, 3.05) is 30.3 Å². The summed E-state index contributed by atoms with van der Waals surface area (Å²) in [5.41, 5.74) is 1.74. The molecule has 174 valence electrons. The van der Waals surface area contributed by atoms with Crippen LogP contribution >= 0.6 is 23.1 Å². The maximum absolute atomic E-state index is 12.2. The van der Waals surface area contributed by atoms with Crippen LogP contribution in [0, 0.1) is 0 Å². The predicted octanol–water partition coefficient (Wildman–Crippen LogP) is 3.44. The zero-order chi connectivity index (χ0) is 23.9. The maximum Gasteiger partial charge on any atom is 0.337 e. The molecule has 0 saturated heterocycles. The van der Waals surface area contributed by atoms with E-state index in [0.29, 0.717) is 32.2 Å². The third-order valence-corrected chi connectivity index (χ3v) is 6.35. The van der Waals surface area contributed by atoms with Gasteiger partial charge in [-0.05, 0) is 48.0 Å². The highest BCUT2D eigenvalue weighted by atomic mass is 32.2. The van der Waals surface area contributed by atoms with Crippen LogP contribution in [0.1, 0.15) is 15.9 Å². The molecule has 2 amide bonds. The number of ether oxygens (including phenoxy) is 3. The first-order valence-corrected chi connectivity index (χ1v) is 11.6. The number of hydrogen-bond acceptors (Lipinski definition) is 10. The van der Waals surface area contributed by atoms with Crippen LogP contribution in [-0.4, -0.2) is 47.6 Å². The number of hydrogen-bond donors (Lipinski definition) is 2. The second kappa shape index (κ2) is 10.8. The number of anilines is 2. The van der Waals surface area contributed by atoms with Crippen LogP contribution in [-0.2, 0) is 14.3 Å². The van der Waals surface area contributed by atoms with E-state index in [1.807, 2.05) is 6.07 Å². The Kier molecular flexibility index (Phi) is 7.40. The van der Waals surface area contributed by atoms with Gasteiger partial charge in [-0.15, -0.1) is 10.2 Å². The van der Waals surface area contributed by atoms with E-state index in [-0.39, 0.29) is 24.4 Å². The van der Waals surface area contributed by atoms with Gasteiger partial charge in [0, 0.05) is 11.8 Å². The monoisotopic (exact) mass is 498 g/mol. The standard InChI is InChI=1S/C22H18N4O6S2/c1-30-20(29)14-4-6-15(7-5-14)23-19(28)11-33-22-26-25-21(34-22)24-18(27)9-3-13-2-8-16-17(10-13)32-12-31-16/h2-10H,11-12H2,1H3,(H,23,28)(H,24,25,27)/b9-3+. The topological polar surface area (TPSA) is 129 Å². The molecule has 2 N–H and O–H groups in total. The van der Waals surface area contributed by atoms with E-state index in [2.05, 4.69) is 25.6 Å². The first-order chi connectivity index (χ1) is 16.5. The molecule has 0 bridgehead atoms. The molecule has 0 atom stereocenters. The summed E-state index contributed by atoms with van der Waals surface area (Å²) in [5, 5.41) is 13.6. The fraction of sp³-hybridized carbons (Fsp3) is 0.136. The van der Waals surface area contributed by atoms with Crippen LogP contribution in [0.2, 0.25) is 0 Å². The Bertz CT molecular complexity index is 1240. The van der Waals surface area contributed by atoms with Crippen LogP contribution in [0.4, 0.5) is 10.8 Å². The summed E-state index contributed by atoms with van der Waals surface area (Å²) in [6.45, 7) is 0.187. The number of nitrogens with zero attached hydrogens (tertiary/aromatic N) is 2. The molecule has 0 saturated carbocycles. The van der Waals surface area contributed by atoms with Gasteiger partial charge in [0.1, 0.15) is 0 Å². The summed E-state index contributed by atoms with van der Waals surface area (Å²) in [6, 6.07) is 11.7. The molecule has 34 heavy (non-hydrogen) atoms. The van der Waals surface area contributed by atoms with Crippen LogP contribution in [0.5, 0.6) is 11.5 Å². The van der Waals surface area contributed by atoms with E-state index in [1.165, 1.54) is 24.9 Å². The van der Waals surface area contributed by atoms with E-state index in [1.54, 1.807) is 42.5 Å². The number of aromatic nitrogens is 2. The Labute approximate surface area is 202 Å². The highest BCUT2D eigenvalue weighted by molar-refractivity contribution is 8.01. The van der Waals surface area contributed by atoms with Gasteiger partial charge in [-0.3, -0.25) is 14.9 Å². The third kappa shape index (κ3) is 6.11. The molecule has 4 rings (SSSR count). The van der Waals surface area contributed by atoms with Crippen molar-refractivity contribution in [3.63, 3.8) is 0 Å². The molecule has 1 aromatic heterocycles. The lowest BCUT2D eigenvalue weighted by atomic mass is 10.2. The number of esters is 1. The zero-order valence-corrected chi connectivity index (χ0v) is 19.4. The molecule has 0 fully saturated rings. The van der Waals surface area contributed by atoms with E-state index in [4.69, 9.17) is 9.47 Å². The number of carbonyl (C=O) groups excluding carboxylic acids is 3. The van der Waals surface area contributed by atoms with Crippen LogP contribution in [0.15, 0.2) is 52.9 Å². The van der Waals surface area contributed by atoms with Gasteiger partial charge in [0.05, 0.1) is 18.4 Å². The summed E-state index contributed by atoms with van der Waals surface area (Å²) in [5.74, 6) is 0.352. The minimum atomic E-state index is -0.448. The average molecular weight is 499 g/mol. The Balaban J connectivity index is 1.23. The molecule has 0 aliphatic carbocycles. The van der Waals surface area contributed by atoms with Crippen molar-refractivity contribution >= 4 is 57.8 Å². The molecular weight excluding hydrogens is 480 g/mol. The van der Waals surface area contributed by atoms with Gasteiger partial charge < -0.3 is 19.5 Å². The van der Waals surface area contributed by atoms with Crippen molar-refractivity contribution in [2.24, 2.45) is 0 Å². The SMILES string of the molecule is COC(=O)c1ccc(NC(=O)CSc2nnc(NC(=O)/C=C/c3ccc4c(c3)OCO4)s2)cc1. The molecule has 0 unspecified atom stereocenters. The molecule has 10 nitrogen and oxygen atoms in total. The van der Waals surface area contributed by atoms with Crippen LogP contribution < -0.4 is 20.1 Å². The van der Waals surface area contributed by atoms with E-state index in [0.717, 1.165) is 16.9 Å². The first kappa shape index (κ1) is 23.3. The highest BCUT2D eigenvalue weighted by Gasteiger charge is 2.13. The first-order valence-electron chi connectivity index (χ1n) is 9.83. The van der Waals surface area contributed by atoms with Crippen molar-refractivity contribution in [3.05, 3.63) is 59.7 Å². The maximum atomic E-state index is 12.2. The van der Waals surface area contributed by atoms with Crippen molar-refractivity contribution < 1.29 is 28.6 Å². The Hall–Kier alpha value is -3.90. The lowest BCUT2D eigenvalue weighted by Crippen LogP contribution is -2.14. The highest BCUT2D eigenvalue weighted by Crippen LogP contribution is 2.32. The van der Waals surface area contributed by atoms with Gasteiger partial charge >= 0.3 is 5.97 Å². The number of methoxy groups -OCH3 is 1. The van der Waals surface area contributed by atoms with Crippen LogP contribution in [0.3, 0.4) is 0 Å². The number of rotatable bonds is 8. The molecule has 1 aliphatic rings. The van der Waals surface area contributed by atoms with Crippen molar-refractivity contribution in [1.82, 2.24) is 10.2 Å². The Morgan fingerprint density at radius 1 is 1.09 bits per heavy atom. The normalized spacial score (nSPS) is 11.9. The van der Waals surface area contributed by atoms with Gasteiger partial charge in [0.2, 0.25) is 23.7 Å². The van der Waals surface area contributed by atoms with Gasteiger partial charge in [0.25, 0.3) is 0 Å². The van der Waals surface area contributed by atoms with E-state index in [9.17, 15) is 14.4 Å². The fourth-order valence-electron chi connectivity index (χ4n) is 2.79. The average Bonchev–Trinajstić information content (AvgIpc) is 3.50. The second-order valence-corrected chi connectivity index (χ2v) is 8.91. The van der Waals surface area contributed by atoms with Gasteiger partial charge in [-0.1, -0.05) is 29.2 Å². The molecule has 2 heterocycles. The quantitative estimate of drug-likeness (QED) is 0.208. The minimum absolute atomic E-state index is 0.103. The number of amides is 2. The van der Waals surface area contributed by atoms with Gasteiger partial charge in [-0.2, -0.15) is 0 Å². The number of fused-ring (bicyclic) bond motifs is 1. The largest absolute Gasteiger partial charge is 0.465 e. The molecule has 1 aliphatic heterocycles. The van der Waals surface area contributed by atoms with E-state index >= 15 is 0 Å². The second-order valence-electron chi connectivity index (χ2n) is 6.71. The van der Waals surface area contributed by atoms with Gasteiger partial charge in [-0.25, -0.2) is 4.79 Å². The van der Waals surface area contributed by atoms with Crippen LogP contribution in [0.25, 0.3) is 6.08 Å². The predicted molar refractivity (Wildman–Crippen MR) is 127 cm³/mol. The number of thioether (sulfide) groups is 1. The summed E-state index contributed by atoms with van der Waals surface area (Å²) in [6.07, 6.45) is 3.03. The number of nitrogens with one attached hydrogen (secondary N) is 2. The molecule has 3 aromatic rings. The van der Waals surface area contributed by atoms with Gasteiger partial charge in [0.15, 0.2) is 15.8 Å². The zero-order valence-electron chi connectivity index (χ0n) is 17.8. The Morgan fingerprint density at radius 2 is 1.88 bits per heavy atom. The molecular formula is C22H18N4O6S2. The molecule has 0 radical (unpaired) electrons. The minimum Gasteiger partial charge on any atom is -0.465 e. The Morgan fingerprint density at radius 3 is 2.68 bits per heavy atom. The fourth-order valence-corrected chi connectivity index (χ4v) is 4.34. The number of carbonyl (C=O) groups is 3. The summed E-state index contributed by atoms with van der Waals surface area (Å²) >= 11 is 2.35. The summed E-state index contributed by atoms with van der Waals surface area (Å²) in [4.78, 5) is 35.8. The van der Waals surface area contributed by atoms with Crippen molar-refractivity contribution in [3.8, 4) is 11.5 Å².